The minimum atomic E-state index is -0.367. The number of Topliss-reactive ketones (excluding diaryl/α,β-unsaturated/α-hetero) is 1. The number of ketones is 1. The van der Waals surface area contributed by atoms with E-state index in [1.54, 1.807) is 23.6 Å². The third kappa shape index (κ3) is 2.80. The Morgan fingerprint density at radius 2 is 2.22 bits per heavy atom. The van der Waals surface area contributed by atoms with Crippen molar-refractivity contribution in [3.05, 3.63) is 51.7 Å². The van der Waals surface area contributed by atoms with Crippen molar-refractivity contribution in [3.63, 3.8) is 0 Å². The summed E-state index contributed by atoms with van der Waals surface area (Å²) in [4.78, 5) is 16.1. The van der Waals surface area contributed by atoms with Crippen molar-refractivity contribution >= 4 is 17.1 Å². The van der Waals surface area contributed by atoms with Crippen LogP contribution in [0, 0.1) is 5.82 Å². The third-order valence-corrected chi connectivity index (χ3v) is 3.55. The van der Waals surface area contributed by atoms with Crippen LogP contribution in [0.25, 0.3) is 0 Å². The van der Waals surface area contributed by atoms with Crippen LogP contribution in [0.5, 0.6) is 0 Å². The zero-order valence-electron chi connectivity index (χ0n) is 9.89. The number of thiazole rings is 1. The highest BCUT2D eigenvalue weighted by Gasteiger charge is 2.14. The molecule has 0 amide bonds. The molecule has 94 valence electrons. The van der Waals surface area contributed by atoms with Crippen molar-refractivity contribution in [2.75, 3.05) is 0 Å². The number of carbonyl (C=O) groups excluding carboxylic acids is 1. The van der Waals surface area contributed by atoms with Crippen molar-refractivity contribution < 1.29 is 9.18 Å². The highest BCUT2D eigenvalue weighted by atomic mass is 32.1. The summed E-state index contributed by atoms with van der Waals surface area (Å²) in [5.41, 5.74) is 6.42. The van der Waals surface area contributed by atoms with Crippen molar-refractivity contribution in [1.29, 1.82) is 0 Å². The van der Waals surface area contributed by atoms with E-state index in [4.69, 9.17) is 5.73 Å². The molecule has 18 heavy (non-hydrogen) atoms. The number of hydrogen-bond acceptors (Lipinski definition) is 4. The quantitative estimate of drug-likeness (QED) is 0.864. The van der Waals surface area contributed by atoms with Gasteiger partial charge < -0.3 is 5.73 Å². The number of nitrogens with zero attached hydrogens (tertiary/aromatic N) is 1. The van der Waals surface area contributed by atoms with Gasteiger partial charge in [0.1, 0.15) is 16.5 Å². The fraction of sp³-hybridized carbons (Fsp3) is 0.231. The van der Waals surface area contributed by atoms with E-state index in [0.29, 0.717) is 16.3 Å². The summed E-state index contributed by atoms with van der Waals surface area (Å²) in [5, 5.41) is 2.38. The van der Waals surface area contributed by atoms with Gasteiger partial charge in [-0.25, -0.2) is 9.37 Å². The van der Waals surface area contributed by atoms with E-state index in [-0.39, 0.29) is 24.1 Å². The summed E-state index contributed by atoms with van der Waals surface area (Å²) in [6, 6.07) is 6.06. The molecule has 0 aliphatic heterocycles. The topological polar surface area (TPSA) is 56.0 Å². The molecule has 1 aromatic carbocycles. The van der Waals surface area contributed by atoms with Crippen molar-refractivity contribution in [1.82, 2.24) is 4.98 Å². The lowest BCUT2D eigenvalue weighted by Crippen LogP contribution is -2.08. The number of carbonyl (C=O) groups is 1. The Morgan fingerprint density at radius 1 is 1.50 bits per heavy atom. The Morgan fingerprint density at radius 3 is 2.83 bits per heavy atom. The Kier molecular flexibility index (Phi) is 3.84. The Hall–Kier alpha value is -1.59. The summed E-state index contributed by atoms with van der Waals surface area (Å²) >= 11 is 1.35. The summed E-state index contributed by atoms with van der Waals surface area (Å²) in [6.45, 7) is 1.81. The van der Waals surface area contributed by atoms with Crippen LogP contribution >= 0.6 is 11.3 Å². The standard InChI is InChI=1S/C13H13FN2OS/c1-8(15)13-16-11(7-18-13)12(17)6-9-4-2-3-5-10(9)14/h2-5,7-8H,6,15H2,1H3. The molecule has 3 nitrogen and oxygen atoms in total. The first-order chi connectivity index (χ1) is 8.58. The van der Waals surface area contributed by atoms with E-state index in [1.165, 1.54) is 17.4 Å². The number of benzene rings is 1. The van der Waals surface area contributed by atoms with E-state index >= 15 is 0 Å². The SMILES string of the molecule is CC(N)c1nc(C(=O)Cc2ccccc2F)cs1. The van der Waals surface area contributed by atoms with Crippen LogP contribution in [0.1, 0.15) is 34.0 Å². The molecule has 0 radical (unpaired) electrons. The second-order valence-corrected chi connectivity index (χ2v) is 4.94. The first-order valence-electron chi connectivity index (χ1n) is 5.55. The minimum Gasteiger partial charge on any atom is -0.322 e. The molecule has 0 aliphatic rings. The van der Waals surface area contributed by atoms with Gasteiger partial charge in [0.25, 0.3) is 0 Å². The average molecular weight is 264 g/mol. The molecule has 1 aromatic heterocycles. The van der Waals surface area contributed by atoms with Crippen LogP contribution in [0.4, 0.5) is 4.39 Å². The van der Waals surface area contributed by atoms with Gasteiger partial charge in [-0.1, -0.05) is 18.2 Å². The van der Waals surface area contributed by atoms with Gasteiger partial charge in [-0.05, 0) is 18.6 Å². The molecule has 2 N–H and O–H groups in total. The van der Waals surface area contributed by atoms with Crippen molar-refractivity contribution in [2.45, 2.75) is 19.4 Å². The maximum atomic E-state index is 13.4. The number of nitrogens with two attached hydrogens (primary N) is 1. The third-order valence-electron chi connectivity index (χ3n) is 2.51. The largest absolute Gasteiger partial charge is 0.322 e. The Bertz CT molecular complexity index is 566. The number of halogens is 1. The second-order valence-electron chi connectivity index (χ2n) is 4.05. The molecule has 1 unspecified atom stereocenters. The van der Waals surface area contributed by atoms with Crippen LogP contribution in [0.15, 0.2) is 29.6 Å². The first-order valence-corrected chi connectivity index (χ1v) is 6.43. The van der Waals surface area contributed by atoms with Gasteiger partial charge >= 0.3 is 0 Å². The molecule has 0 saturated heterocycles. The average Bonchev–Trinajstić information content (AvgIpc) is 2.81. The Labute approximate surface area is 108 Å². The molecular weight excluding hydrogens is 251 g/mol. The normalized spacial score (nSPS) is 12.4. The van der Waals surface area contributed by atoms with Gasteiger partial charge in [0.2, 0.25) is 0 Å². The van der Waals surface area contributed by atoms with E-state index in [2.05, 4.69) is 4.98 Å². The fourth-order valence-corrected chi connectivity index (χ4v) is 2.31. The van der Waals surface area contributed by atoms with Crippen molar-refractivity contribution in [3.8, 4) is 0 Å². The molecule has 1 atom stereocenters. The summed E-state index contributed by atoms with van der Waals surface area (Å²) in [5.74, 6) is -0.559. The fourth-order valence-electron chi connectivity index (χ4n) is 1.53. The molecule has 0 saturated carbocycles. The van der Waals surface area contributed by atoms with E-state index in [1.807, 2.05) is 6.92 Å². The van der Waals surface area contributed by atoms with Gasteiger partial charge in [-0.2, -0.15) is 0 Å². The van der Waals surface area contributed by atoms with Crippen molar-refractivity contribution in [2.24, 2.45) is 5.73 Å². The van der Waals surface area contributed by atoms with Crippen LogP contribution in [0.3, 0.4) is 0 Å². The molecule has 2 aromatic rings. The molecule has 2 rings (SSSR count). The second kappa shape index (κ2) is 5.37. The summed E-state index contributed by atoms with van der Waals surface area (Å²) < 4.78 is 13.4. The summed E-state index contributed by atoms with van der Waals surface area (Å²) in [6.07, 6.45) is 0.0226. The van der Waals surface area contributed by atoms with Gasteiger partial charge in [0.05, 0.1) is 6.04 Å². The number of rotatable bonds is 4. The lowest BCUT2D eigenvalue weighted by Gasteiger charge is -2.00. The molecule has 5 heteroatoms. The van der Waals surface area contributed by atoms with Gasteiger partial charge in [0, 0.05) is 11.8 Å². The summed E-state index contributed by atoms with van der Waals surface area (Å²) in [7, 11) is 0. The highest BCUT2D eigenvalue weighted by Crippen LogP contribution is 2.18. The molecule has 1 heterocycles. The zero-order valence-corrected chi connectivity index (χ0v) is 10.7. The van der Waals surface area contributed by atoms with Crippen LogP contribution in [-0.2, 0) is 6.42 Å². The van der Waals surface area contributed by atoms with Crippen LogP contribution in [-0.4, -0.2) is 10.8 Å². The van der Waals surface area contributed by atoms with Crippen LogP contribution in [0.2, 0.25) is 0 Å². The zero-order chi connectivity index (χ0) is 13.1. The number of aromatic nitrogens is 1. The molecule has 0 fully saturated rings. The van der Waals surface area contributed by atoms with E-state index in [0.717, 1.165) is 0 Å². The van der Waals surface area contributed by atoms with Crippen LogP contribution < -0.4 is 5.73 Å². The molecule has 0 aliphatic carbocycles. The van der Waals surface area contributed by atoms with E-state index in [9.17, 15) is 9.18 Å². The lowest BCUT2D eigenvalue weighted by atomic mass is 10.1. The maximum absolute atomic E-state index is 13.4. The highest BCUT2D eigenvalue weighted by molar-refractivity contribution is 7.09. The molecule has 0 bridgehead atoms. The lowest BCUT2D eigenvalue weighted by molar-refractivity contribution is 0.0987. The predicted molar refractivity (Wildman–Crippen MR) is 69.2 cm³/mol. The first kappa shape index (κ1) is 12.9. The maximum Gasteiger partial charge on any atom is 0.186 e. The molecular formula is C13H13FN2OS. The van der Waals surface area contributed by atoms with Gasteiger partial charge in [-0.15, -0.1) is 11.3 Å². The van der Waals surface area contributed by atoms with E-state index < -0.39 is 0 Å². The van der Waals surface area contributed by atoms with Gasteiger partial charge in [-0.3, -0.25) is 4.79 Å². The number of hydrogen-bond donors (Lipinski definition) is 1. The molecule has 0 spiro atoms. The Balaban J connectivity index is 2.15. The van der Waals surface area contributed by atoms with Gasteiger partial charge in [0.15, 0.2) is 5.78 Å². The smallest absolute Gasteiger partial charge is 0.186 e. The monoisotopic (exact) mass is 264 g/mol. The predicted octanol–water partition coefficient (Wildman–Crippen LogP) is 2.73. The minimum absolute atomic E-state index is 0.0226.